The molecular weight excluding hydrogens is 291 g/mol. The SMILES string of the molecule is CC(CC(=O)O)NC(=O)COc1cccc(C(F)(F)F)c1. The summed E-state index contributed by atoms with van der Waals surface area (Å²) in [7, 11) is 0. The minimum absolute atomic E-state index is 0.0918. The summed E-state index contributed by atoms with van der Waals surface area (Å²) < 4.78 is 42.4. The molecule has 0 saturated carbocycles. The Hall–Kier alpha value is -2.25. The molecule has 0 spiro atoms. The molecule has 0 aromatic heterocycles. The molecule has 0 radical (unpaired) electrons. The van der Waals surface area contributed by atoms with Crippen molar-refractivity contribution in [1.82, 2.24) is 5.32 Å². The normalized spacial score (nSPS) is 12.6. The second kappa shape index (κ2) is 6.96. The van der Waals surface area contributed by atoms with Gasteiger partial charge in [-0.05, 0) is 25.1 Å². The summed E-state index contributed by atoms with van der Waals surface area (Å²) in [4.78, 5) is 21.9. The molecular formula is C13H14F3NO4. The predicted molar refractivity (Wildman–Crippen MR) is 66.8 cm³/mol. The van der Waals surface area contributed by atoms with E-state index in [1.165, 1.54) is 19.1 Å². The van der Waals surface area contributed by atoms with Crippen molar-refractivity contribution in [3.05, 3.63) is 29.8 Å². The van der Waals surface area contributed by atoms with Gasteiger partial charge in [0.15, 0.2) is 6.61 Å². The Morgan fingerprint density at radius 3 is 2.62 bits per heavy atom. The fourth-order valence-electron chi connectivity index (χ4n) is 1.54. The molecule has 8 heteroatoms. The van der Waals surface area contributed by atoms with Crippen LogP contribution >= 0.6 is 0 Å². The summed E-state index contributed by atoms with van der Waals surface area (Å²) >= 11 is 0. The maximum absolute atomic E-state index is 12.5. The number of hydrogen-bond acceptors (Lipinski definition) is 3. The van der Waals surface area contributed by atoms with Crippen LogP contribution in [0, 0.1) is 0 Å². The number of aliphatic carboxylic acids is 1. The van der Waals surface area contributed by atoms with Gasteiger partial charge in [-0.25, -0.2) is 0 Å². The first-order valence-electron chi connectivity index (χ1n) is 5.99. The van der Waals surface area contributed by atoms with E-state index in [-0.39, 0.29) is 12.2 Å². The average molecular weight is 305 g/mol. The lowest BCUT2D eigenvalue weighted by Crippen LogP contribution is -2.37. The molecule has 5 nitrogen and oxygen atoms in total. The van der Waals surface area contributed by atoms with Gasteiger partial charge in [-0.1, -0.05) is 6.07 Å². The lowest BCUT2D eigenvalue weighted by molar-refractivity contribution is -0.138. The average Bonchev–Trinajstić information content (AvgIpc) is 2.34. The molecule has 0 aliphatic rings. The highest BCUT2D eigenvalue weighted by atomic mass is 19.4. The van der Waals surface area contributed by atoms with Crippen LogP contribution in [0.4, 0.5) is 13.2 Å². The van der Waals surface area contributed by atoms with Crippen LogP contribution in [0.1, 0.15) is 18.9 Å². The van der Waals surface area contributed by atoms with Crippen LogP contribution in [-0.2, 0) is 15.8 Å². The molecule has 0 heterocycles. The Labute approximate surface area is 118 Å². The van der Waals surface area contributed by atoms with Gasteiger partial charge in [-0.2, -0.15) is 13.2 Å². The van der Waals surface area contributed by atoms with Crippen molar-refractivity contribution in [2.45, 2.75) is 25.6 Å². The molecule has 1 unspecified atom stereocenters. The molecule has 1 amide bonds. The largest absolute Gasteiger partial charge is 0.484 e. The molecule has 0 aliphatic heterocycles. The number of nitrogens with one attached hydrogen (secondary N) is 1. The Morgan fingerprint density at radius 2 is 2.05 bits per heavy atom. The van der Waals surface area contributed by atoms with Gasteiger partial charge in [0.1, 0.15) is 5.75 Å². The molecule has 2 N–H and O–H groups in total. The zero-order valence-electron chi connectivity index (χ0n) is 11.1. The molecule has 0 bridgehead atoms. The van der Waals surface area contributed by atoms with Crippen molar-refractivity contribution in [2.24, 2.45) is 0 Å². The lowest BCUT2D eigenvalue weighted by atomic mass is 10.2. The summed E-state index contributed by atoms with van der Waals surface area (Å²) in [6.45, 7) is 1.00. The Morgan fingerprint density at radius 1 is 1.38 bits per heavy atom. The molecule has 1 aromatic carbocycles. The maximum Gasteiger partial charge on any atom is 0.416 e. The Bertz CT molecular complexity index is 516. The number of ether oxygens (including phenoxy) is 1. The number of carboxylic acids is 1. The van der Waals surface area contributed by atoms with Gasteiger partial charge in [0.05, 0.1) is 12.0 Å². The number of alkyl halides is 3. The topological polar surface area (TPSA) is 75.6 Å². The zero-order chi connectivity index (χ0) is 16.0. The quantitative estimate of drug-likeness (QED) is 0.843. The second-order valence-corrected chi connectivity index (χ2v) is 4.38. The van der Waals surface area contributed by atoms with Gasteiger partial charge in [0, 0.05) is 6.04 Å². The fourth-order valence-corrected chi connectivity index (χ4v) is 1.54. The van der Waals surface area contributed by atoms with E-state index in [0.29, 0.717) is 0 Å². The molecule has 1 rings (SSSR count). The molecule has 21 heavy (non-hydrogen) atoms. The van der Waals surface area contributed by atoms with Crippen molar-refractivity contribution >= 4 is 11.9 Å². The highest BCUT2D eigenvalue weighted by Crippen LogP contribution is 2.31. The number of benzene rings is 1. The van der Waals surface area contributed by atoms with Crippen LogP contribution < -0.4 is 10.1 Å². The summed E-state index contributed by atoms with van der Waals surface area (Å²) in [6, 6.07) is 3.54. The van der Waals surface area contributed by atoms with Crippen molar-refractivity contribution in [3.63, 3.8) is 0 Å². The standard InChI is InChI=1S/C13H14F3NO4/c1-8(5-12(19)20)17-11(18)7-21-10-4-2-3-9(6-10)13(14,15)16/h2-4,6,8H,5,7H2,1H3,(H,17,18)(H,19,20). The first-order valence-corrected chi connectivity index (χ1v) is 5.99. The summed E-state index contributed by atoms with van der Waals surface area (Å²) in [5.41, 5.74) is -0.875. The highest BCUT2D eigenvalue weighted by molar-refractivity contribution is 5.78. The van der Waals surface area contributed by atoms with Gasteiger partial charge >= 0.3 is 12.1 Å². The van der Waals surface area contributed by atoms with E-state index in [9.17, 15) is 22.8 Å². The van der Waals surface area contributed by atoms with E-state index in [1.54, 1.807) is 0 Å². The van der Waals surface area contributed by atoms with E-state index in [1.807, 2.05) is 0 Å². The van der Waals surface area contributed by atoms with E-state index in [4.69, 9.17) is 9.84 Å². The number of amides is 1. The first kappa shape index (κ1) is 16.8. The molecule has 0 saturated heterocycles. The van der Waals surface area contributed by atoms with Crippen LogP contribution in [0.3, 0.4) is 0 Å². The summed E-state index contributed by atoms with van der Waals surface area (Å²) in [5.74, 6) is -1.77. The van der Waals surface area contributed by atoms with Crippen molar-refractivity contribution in [3.8, 4) is 5.75 Å². The number of hydrogen-bond donors (Lipinski definition) is 2. The number of carbonyl (C=O) groups is 2. The number of halogens is 3. The third-order valence-corrected chi connectivity index (χ3v) is 2.42. The Balaban J connectivity index is 2.52. The molecule has 1 aromatic rings. The van der Waals surface area contributed by atoms with Crippen LogP contribution in [0.15, 0.2) is 24.3 Å². The third-order valence-electron chi connectivity index (χ3n) is 2.42. The van der Waals surface area contributed by atoms with Gasteiger partial charge in [0.25, 0.3) is 5.91 Å². The number of rotatable bonds is 6. The second-order valence-electron chi connectivity index (χ2n) is 4.38. The maximum atomic E-state index is 12.5. The smallest absolute Gasteiger partial charge is 0.416 e. The van der Waals surface area contributed by atoms with E-state index >= 15 is 0 Å². The fraction of sp³-hybridized carbons (Fsp3) is 0.385. The monoisotopic (exact) mass is 305 g/mol. The minimum Gasteiger partial charge on any atom is -0.484 e. The first-order chi connectivity index (χ1) is 9.68. The highest BCUT2D eigenvalue weighted by Gasteiger charge is 2.30. The van der Waals surface area contributed by atoms with Gasteiger partial charge in [0.2, 0.25) is 0 Å². The summed E-state index contributed by atoms with van der Waals surface area (Å²) in [6.07, 6.45) is -4.74. The van der Waals surface area contributed by atoms with Crippen molar-refractivity contribution in [2.75, 3.05) is 6.61 Å². The van der Waals surface area contributed by atoms with Crippen LogP contribution in [0.5, 0.6) is 5.75 Å². The van der Waals surface area contributed by atoms with E-state index in [2.05, 4.69) is 5.32 Å². The van der Waals surface area contributed by atoms with Crippen molar-refractivity contribution < 1.29 is 32.6 Å². The van der Waals surface area contributed by atoms with Gasteiger partial charge in [-0.15, -0.1) is 0 Å². The van der Waals surface area contributed by atoms with Gasteiger partial charge in [-0.3, -0.25) is 9.59 Å². The van der Waals surface area contributed by atoms with Crippen LogP contribution in [-0.4, -0.2) is 29.6 Å². The molecule has 0 aliphatic carbocycles. The van der Waals surface area contributed by atoms with Crippen LogP contribution in [0.2, 0.25) is 0 Å². The predicted octanol–water partition coefficient (Wildman–Crippen LogP) is 2.06. The van der Waals surface area contributed by atoms with Crippen molar-refractivity contribution in [1.29, 1.82) is 0 Å². The molecule has 116 valence electrons. The third kappa shape index (κ3) is 6.15. The van der Waals surface area contributed by atoms with E-state index in [0.717, 1.165) is 12.1 Å². The number of carbonyl (C=O) groups excluding carboxylic acids is 1. The van der Waals surface area contributed by atoms with E-state index < -0.39 is 36.3 Å². The summed E-state index contributed by atoms with van der Waals surface area (Å²) in [5, 5.41) is 10.9. The Kier molecular flexibility index (Phi) is 5.57. The molecule has 1 atom stereocenters. The number of carboxylic acid groups (broad SMARTS) is 1. The van der Waals surface area contributed by atoms with Crippen LogP contribution in [0.25, 0.3) is 0 Å². The minimum atomic E-state index is -4.49. The lowest BCUT2D eigenvalue weighted by Gasteiger charge is -2.13. The zero-order valence-corrected chi connectivity index (χ0v) is 11.1. The molecule has 0 fully saturated rings. The van der Waals surface area contributed by atoms with Gasteiger partial charge < -0.3 is 15.2 Å².